The SMILES string of the molecule is O=C1Oc2ccc(Br)c(F)c2N(F)C1F. The number of nitrogens with zero attached hydrogens (tertiary/aromatic N) is 1. The number of anilines is 1. The van der Waals surface area contributed by atoms with E-state index in [-0.39, 0.29) is 10.2 Å². The van der Waals surface area contributed by atoms with E-state index in [0.29, 0.717) is 0 Å². The van der Waals surface area contributed by atoms with E-state index in [1.807, 2.05) is 0 Å². The molecule has 3 nitrogen and oxygen atoms in total. The van der Waals surface area contributed by atoms with Crippen molar-refractivity contribution in [3.8, 4) is 5.75 Å². The third-order valence-electron chi connectivity index (χ3n) is 1.85. The summed E-state index contributed by atoms with van der Waals surface area (Å²) in [5, 5.41) is -0.596. The van der Waals surface area contributed by atoms with Crippen LogP contribution in [-0.2, 0) is 4.79 Å². The second-order valence-corrected chi connectivity index (χ2v) is 3.63. The van der Waals surface area contributed by atoms with Gasteiger partial charge in [-0.1, -0.05) is 4.48 Å². The molecule has 0 saturated heterocycles. The van der Waals surface area contributed by atoms with Crippen molar-refractivity contribution in [1.82, 2.24) is 0 Å². The smallest absolute Gasteiger partial charge is 0.369 e. The normalized spacial score (nSPS) is 19.9. The predicted molar refractivity (Wildman–Crippen MR) is 48.2 cm³/mol. The number of esters is 1. The zero-order valence-electron chi connectivity index (χ0n) is 7.01. The van der Waals surface area contributed by atoms with Gasteiger partial charge in [0.25, 0.3) is 6.30 Å². The van der Waals surface area contributed by atoms with Crippen LogP contribution in [-0.4, -0.2) is 12.3 Å². The topological polar surface area (TPSA) is 29.5 Å². The fraction of sp³-hybridized carbons (Fsp3) is 0.125. The summed E-state index contributed by atoms with van der Waals surface area (Å²) < 4.78 is 43.7. The number of fused-ring (bicyclic) bond motifs is 1. The molecule has 1 aromatic carbocycles. The largest absolute Gasteiger partial charge is 0.420 e. The van der Waals surface area contributed by atoms with Crippen LogP contribution in [0.1, 0.15) is 0 Å². The fourth-order valence-electron chi connectivity index (χ4n) is 1.17. The summed E-state index contributed by atoms with van der Waals surface area (Å²) in [5.41, 5.74) is -0.725. The molecule has 0 spiro atoms. The Balaban J connectivity index is 2.61. The van der Waals surface area contributed by atoms with Gasteiger partial charge in [0.1, 0.15) is 0 Å². The van der Waals surface area contributed by atoms with Gasteiger partial charge in [0.05, 0.1) is 4.47 Å². The van der Waals surface area contributed by atoms with Crippen molar-refractivity contribution in [2.75, 3.05) is 5.12 Å². The maximum atomic E-state index is 13.3. The molecule has 1 aromatic rings. The number of hydrogen-bond donors (Lipinski definition) is 0. The third-order valence-corrected chi connectivity index (χ3v) is 2.46. The van der Waals surface area contributed by atoms with Crippen LogP contribution >= 0.6 is 15.9 Å². The van der Waals surface area contributed by atoms with Gasteiger partial charge in [-0.15, -0.1) is 0 Å². The Kier molecular flexibility index (Phi) is 2.34. The fourth-order valence-corrected chi connectivity index (χ4v) is 1.49. The summed E-state index contributed by atoms with van der Waals surface area (Å²) in [6, 6.07) is 2.40. The van der Waals surface area contributed by atoms with E-state index in [1.165, 1.54) is 12.1 Å². The van der Waals surface area contributed by atoms with Crippen LogP contribution in [0.2, 0.25) is 0 Å². The number of ether oxygens (including phenoxy) is 1. The maximum absolute atomic E-state index is 13.3. The lowest BCUT2D eigenvalue weighted by atomic mass is 10.2. The molecule has 15 heavy (non-hydrogen) atoms. The monoisotopic (exact) mass is 281 g/mol. The lowest BCUT2D eigenvalue weighted by Gasteiger charge is -2.25. The van der Waals surface area contributed by atoms with Gasteiger partial charge < -0.3 is 4.74 Å². The van der Waals surface area contributed by atoms with Gasteiger partial charge in [-0.2, -0.15) is 5.12 Å². The van der Waals surface area contributed by atoms with E-state index in [1.54, 1.807) is 0 Å². The molecule has 1 atom stereocenters. The molecule has 80 valence electrons. The Morgan fingerprint density at radius 2 is 2.13 bits per heavy atom. The second-order valence-electron chi connectivity index (χ2n) is 2.78. The molecule has 0 aromatic heterocycles. The van der Waals surface area contributed by atoms with Gasteiger partial charge in [-0.25, -0.2) is 13.6 Å². The molecule has 0 fully saturated rings. The molecule has 0 radical (unpaired) electrons. The van der Waals surface area contributed by atoms with Crippen molar-refractivity contribution in [3.63, 3.8) is 0 Å². The maximum Gasteiger partial charge on any atom is 0.369 e. The first kappa shape index (κ1) is 10.3. The van der Waals surface area contributed by atoms with Crippen molar-refractivity contribution < 1.29 is 22.8 Å². The van der Waals surface area contributed by atoms with Gasteiger partial charge in [0, 0.05) is 0 Å². The van der Waals surface area contributed by atoms with E-state index < -0.39 is 28.9 Å². The predicted octanol–water partition coefficient (Wildman–Crippen LogP) is 2.49. The molecule has 1 aliphatic heterocycles. The number of hydrogen-bond acceptors (Lipinski definition) is 3. The standard InChI is InChI=1S/C8H3BrF3NO2/c9-3-1-2-4-6(5(3)10)13(12)7(11)8(14)15-4/h1-2,7H. The number of halogens is 4. The highest BCUT2D eigenvalue weighted by molar-refractivity contribution is 9.10. The van der Waals surface area contributed by atoms with Gasteiger partial charge in [-0.3, -0.25) is 0 Å². The highest BCUT2D eigenvalue weighted by Gasteiger charge is 2.38. The van der Waals surface area contributed by atoms with Crippen molar-refractivity contribution in [2.45, 2.75) is 6.30 Å². The first-order valence-corrected chi connectivity index (χ1v) is 4.60. The lowest BCUT2D eigenvalue weighted by Crippen LogP contribution is -2.39. The molecule has 0 aliphatic carbocycles. The summed E-state index contributed by atoms with van der Waals surface area (Å²) in [6.45, 7) is 0. The highest BCUT2D eigenvalue weighted by atomic mass is 79.9. The number of benzene rings is 1. The van der Waals surface area contributed by atoms with Crippen LogP contribution < -0.4 is 9.86 Å². The molecule has 0 bridgehead atoms. The van der Waals surface area contributed by atoms with E-state index in [4.69, 9.17) is 0 Å². The Hall–Kier alpha value is -1.24. The number of carbonyl (C=O) groups is 1. The van der Waals surface area contributed by atoms with Crippen LogP contribution in [0.3, 0.4) is 0 Å². The quantitative estimate of drug-likeness (QED) is 0.317. The molecule has 0 saturated carbocycles. The Morgan fingerprint density at radius 1 is 1.47 bits per heavy atom. The van der Waals surface area contributed by atoms with E-state index >= 15 is 0 Å². The summed E-state index contributed by atoms with van der Waals surface area (Å²) in [5.74, 6) is -2.78. The first-order valence-electron chi connectivity index (χ1n) is 3.81. The number of rotatable bonds is 0. The van der Waals surface area contributed by atoms with E-state index in [0.717, 1.165) is 0 Å². The van der Waals surface area contributed by atoms with E-state index in [9.17, 15) is 18.1 Å². The van der Waals surface area contributed by atoms with Crippen molar-refractivity contribution >= 4 is 27.6 Å². The summed E-state index contributed by atoms with van der Waals surface area (Å²) >= 11 is 2.81. The van der Waals surface area contributed by atoms with Crippen molar-refractivity contribution in [2.24, 2.45) is 0 Å². The average molecular weight is 282 g/mol. The lowest BCUT2D eigenvalue weighted by molar-refractivity contribution is -0.142. The molecule has 7 heteroatoms. The van der Waals surface area contributed by atoms with Gasteiger partial charge in [0.15, 0.2) is 17.3 Å². The van der Waals surface area contributed by atoms with Crippen LogP contribution in [0.4, 0.5) is 18.9 Å². The molecular weight excluding hydrogens is 279 g/mol. The molecular formula is C8H3BrF3NO2. The van der Waals surface area contributed by atoms with Crippen molar-refractivity contribution in [3.05, 3.63) is 22.4 Å². The van der Waals surface area contributed by atoms with E-state index in [2.05, 4.69) is 20.7 Å². The number of alkyl halides is 1. The highest BCUT2D eigenvalue weighted by Crippen LogP contribution is 2.40. The second kappa shape index (κ2) is 3.41. The van der Waals surface area contributed by atoms with Crippen LogP contribution in [0.15, 0.2) is 16.6 Å². The zero-order valence-corrected chi connectivity index (χ0v) is 8.59. The Labute approximate surface area is 90.5 Å². The molecule has 0 amide bonds. The third kappa shape index (κ3) is 1.46. The molecule has 1 unspecified atom stereocenters. The minimum absolute atomic E-state index is 0.0472. The average Bonchev–Trinajstić information content (AvgIpc) is 2.20. The molecule has 0 N–H and O–H groups in total. The van der Waals surface area contributed by atoms with Crippen LogP contribution in [0, 0.1) is 5.82 Å². The van der Waals surface area contributed by atoms with Gasteiger partial charge >= 0.3 is 5.97 Å². The van der Waals surface area contributed by atoms with Crippen LogP contribution in [0.5, 0.6) is 5.75 Å². The molecule has 1 heterocycles. The van der Waals surface area contributed by atoms with Gasteiger partial charge in [-0.05, 0) is 28.1 Å². The van der Waals surface area contributed by atoms with Crippen molar-refractivity contribution in [1.29, 1.82) is 0 Å². The minimum Gasteiger partial charge on any atom is -0.420 e. The number of carbonyl (C=O) groups excluding carboxylic acids is 1. The molecule has 2 rings (SSSR count). The summed E-state index contributed by atoms with van der Waals surface area (Å²) in [4.78, 5) is 10.8. The molecule has 1 aliphatic rings. The minimum atomic E-state index is -2.64. The zero-order chi connectivity index (χ0) is 11.2. The first-order chi connectivity index (χ1) is 7.02. The Bertz CT molecular complexity index is 440. The Morgan fingerprint density at radius 3 is 2.80 bits per heavy atom. The van der Waals surface area contributed by atoms with Gasteiger partial charge in [0.2, 0.25) is 0 Å². The van der Waals surface area contributed by atoms with Crippen LogP contribution in [0.25, 0.3) is 0 Å². The summed E-state index contributed by atoms with van der Waals surface area (Å²) in [6.07, 6.45) is -2.64. The summed E-state index contributed by atoms with van der Waals surface area (Å²) in [7, 11) is 0.